The molecule has 2 N–H and O–H groups in total. The minimum Gasteiger partial charge on any atom is -0.338 e. The van der Waals surface area contributed by atoms with Gasteiger partial charge in [0.15, 0.2) is 11.6 Å². The minimum atomic E-state index is -4.46. The van der Waals surface area contributed by atoms with Gasteiger partial charge in [0.2, 0.25) is 0 Å². The first-order valence-corrected chi connectivity index (χ1v) is 7.95. The Kier molecular flexibility index (Phi) is 5.22. The van der Waals surface area contributed by atoms with Gasteiger partial charge in [-0.15, -0.1) is 10.2 Å². The molecule has 0 aliphatic heterocycles. The lowest BCUT2D eigenvalue weighted by Crippen LogP contribution is -2.14. The summed E-state index contributed by atoms with van der Waals surface area (Å²) in [5, 5.41) is 22.2. The molecule has 0 saturated carbocycles. The highest BCUT2D eigenvalue weighted by Crippen LogP contribution is 2.29. The summed E-state index contributed by atoms with van der Waals surface area (Å²) < 4.78 is 37.7. The maximum absolute atomic E-state index is 12.6. The number of carbonyl (C=O) groups excluding carboxylic acids is 1. The fourth-order valence-corrected chi connectivity index (χ4v) is 2.29. The highest BCUT2D eigenvalue weighted by molar-refractivity contribution is 6.03. The highest BCUT2D eigenvalue weighted by Gasteiger charge is 2.30. The van der Waals surface area contributed by atoms with Crippen LogP contribution < -0.4 is 10.6 Å². The van der Waals surface area contributed by atoms with Crippen molar-refractivity contribution in [1.29, 1.82) is 5.26 Å². The number of para-hydroxylation sites is 1. The molecule has 0 saturated heterocycles. The average molecular weight is 383 g/mol. The standard InChI is InChI=1S/C19H12F3N5O/c20-19(21,22)14-7-5-12(6-8-14)18(28)25-17-10-9-16(26-27-17)24-15-4-2-1-3-13(15)11-23/h1-10H,(H,24,26)(H,25,27,28). The van der Waals surface area contributed by atoms with Crippen LogP contribution in [-0.4, -0.2) is 16.1 Å². The zero-order valence-corrected chi connectivity index (χ0v) is 14.2. The minimum absolute atomic E-state index is 0.0555. The zero-order valence-electron chi connectivity index (χ0n) is 14.2. The lowest BCUT2D eigenvalue weighted by atomic mass is 10.1. The normalized spacial score (nSPS) is 10.8. The molecule has 1 heterocycles. The van der Waals surface area contributed by atoms with Crippen LogP contribution in [-0.2, 0) is 6.18 Å². The molecule has 0 spiro atoms. The largest absolute Gasteiger partial charge is 0.416 e. The third kappa shape index (κ3) is 4.42. The number of benzene rings is 2. The molecule has 0 radical (unpaired) electrons. The molecule has 0 atom stereocenters. The number of hydrogen-bond acceptors (Lipinski definition) is 5. The third-order valence-corrected chi connectivity index (χ3v) is 3.69. The third-order valence-electron chi connectivity index (χ3n) is 3.69. The van der Waals surface area contributed by atoms with E-state index in [0.29, 0.717) is 17.1 Å². The molecule has 9 heteroatoms. The molecule has 3 aromatic rings. The Bertz CT molecular complexity index is 1030. The van der Waals surface area contributed by atoms with Gasteiger partial charge in [0.1, 0.15) is 6.07 Å². The first kappa shape index (κ1) is 18.8. The molecule has 1 aromatic heterocycles. The van der Waals surface area contributed by atoms with E-state index in [2.05, 4.69) is 20.8 Å². The summed E-state index contributed by atoms with van der Waals surface area (Å²) in [5.41, 5.74) is 0.210. The van der Waals surface area contributed by atoms with Gasteiger partial charge in [0, 0.05) is 5.56 Å². The molecule has 6 nitrogen and oxygen atoms in total. The van der Waals surface area contributed by atoms with Crippen LogP contribution in [0.2, 0.25) is 0 Å². The van der Waals surface area contributed by atoms with E-state index in [-0.39, 0.29) is 11.4 Å². The summed E-state index contributed by atoms with van der Waals surface area (Å²) in [5.74, 6) is -0.127. The van der Waals surface area contributed by atoms with Gasteiger partial charge in [-0.25, -0.2) is 0 Å². The molecule has 0 aliphatic carbocycles. The van der Waals surface area contributed by atoms with Gasteiger partial charge in [-0.1, -0.05) is 12.1 Å². The molecule has 0 unspecified atom stereocenters. The SMILES string of the molecule is N#Cc1ccccc1Nc1ccc(NC(=O)c2ccc(C(F)(F)F)cc2)nn1. The maximum atomic E-state index is 12.6. The predicted molar refractivity (Wildman–Crippen MR) is 95.9 cm³/mol. The van der Waals surface area contributed by atoms with Crippen LogP contribution in [0.4, 0.5) is 30.5 Å². The number of nitrogens with one attached hydrogen (secondary N) is 2. The Hall–Kier alpha value is -3.93. The molecule has 140 valence electrons. The number of nitrogens with zero attached hydrogens (tertiary/aromatic N) is 3. The van der Waals surface area contributed by atoms with E-state index in [9.17, 15) is 18.0 Å². The Labute approximate surface area is 157 Å². The topological polar surface area (TPSA) is 90.7 Å². The van der Waals surface area contributed by atoms with Gasteiger partial charge in [-0.05, 0) is 48.5 Å². The van der Waals surface area contributed by atoms with Crippen molar-refractivity contribution < 1.29 is 18.0 Å². The van der Waals surface area contributed by atoms with Crippen molar-refractivity contribution in [3.63, 3.8) is 0 Å². The predicted octanol–water partition coefficient (Wildman–Crippen LogP) is 4.36. The van der Waals surface area contributed by atoms with E-state index in [1.165, 1.54) is 6.07 Å². The Morgan fingerprint density at radius 1 is 0.929 bits per heavy atom. The number of halogens is 3. The van der Waals surface area contributed by atoms with Gasteiger partial charge in [0.05, 0.1) is 16.8 Å². The summed E-state index contributed by atoms with van der Waals surface area (Å²) in [6.45, 7) is 0. The molecule has 28 heavy (non-hydrogen) atoms. The fraction of sp³-hybridized carbons (Fsp3) is 0.0526. The average Bonchev–Trinajstić information content (AvgIpc) is 2.69. The maximum Gasteiger partial charge on any atom is 0.416 e. The molecule has 0 bridgehead atoms. The highest BCUT2D eigenvalue weighted by atomic mass is 19.4. The van der Waals surface area contributed by atoms with E-state index < -0.39 is 17.6 Å². The molecular weight excluding hydrogens is 371 g/mol. The number of aromatic nitrogens is 2. The van der Waals surface area contributed by atoms with Crippen LogP contribution >= 0.6 is 0 Å². The lowest BCUT2D eigenvalue weighted by Gasteiger charge is -2.09. The van der Waals surface area contributed by atoms with E-state index in [4.69, 9.17) is 5.26 Å². The van der Waals surface area contributed by atoms with E-state index in [1.54, 1.807) is 30.3 Å². The molecule has 2 aromatic carbocycles. The second-order valence-electron chi connectivity index (χ2n) is 5.62. The number of amides is 1. The number of rotatable bonds is 4. The lowest BCUT2D eigenvalue weighted by molar-refractivity contribution is -0.137. The van der Waals surface area contributed by atoms with Gasteiger partial charge >= 0.3 is 6.18 Å². The first-order chi connectivity index (χ1) is 13.4. The Balaban J connectivity index is 1.67. The number of carbonyl (C=O) groups is 1. The summed E-state index contributed by atoms with van der Waals surface area (Å²) in [6, 6.07) is 15.8. The van der Waals surface area contributed by atoms with Gasteiger partial charge in [-0.3, -0.25) is 4.79 Å². The van der Waals surface area contributed by atoms with Crippen LogP contribution in [0.1, 0.15) is 21.5 Å². The fourth-order valence-electron chi connectivity index (χ4n) is 2.29. The molecule has 0 fully saturated rings. The van der Waals surface area contributed by atoms with E-state index in [0.717, 1.165) is 24.3 Å². The van der Waals surface area contributed by atoms with Gasteiger partial charge < -0.3 is 10.6 Å². The molecule has 0 aliphatic rings. The Morgan fingerprint density at radius 3 is 2.18 bits per heavy atom. The van der Waals surface area contributed by atoms with Crippen molar-refractivity contribution in [3.8, 4) is 6.07 Å². The number of alkyl halides is 3. The van der Waals surface area contributed by atoms with E-state index in [1.807, 2.05) is 6.07 Å². The van der Waals surface area contributed by atoms with Crippen molar-refractivity contribution >= 4 is 23.2 Å². The second kappa shape index (κ2) is 7.75. The van der Waals surface area contributed by atoms with Crippen LogP contribution in [0.5, 0.6) is 0 Å². The van der Waals surface area contributed by atoms with Crippen molar-refractivity contribution in [3.05, 3.63) is 77.4 Å². The van der Waals surface area contributed by atoms with Gasteiger partial charge in [-0.2, -0.15) is 18.4 Å². The smallest absolute Gasteiger partial charge is 0.338 e. The zero-order chi connectivity index (χ0) is 20.1. The number of anilines is 3. The first-order valence-electron chi connectivity index (χ1n) is 7.95. The monoisotopic (exact) mass is 383 g/mol. The summed E-state index contributed by atoms with van der Waals surface area (Å²) in [7, 11) is 0. The summed E-state index contributed by atoms with van der Waals surface area (Å²) in [4.78, 5) is 12.1. The molecule has 3 rings (SSSR count). The summed E-state index contributed by atoms with van der Waals surface area (Å²) >= 11 is 0. The van der Waals surface area contributed by atoms with Crippen molar-refractivity contribution in [2.45, 2.75) is 6.18 Å². The number of nitriles is 1. The van der Waals surface area contributed by atoms with Crippen LogP contribution in [0.3, 0.4) is 0 Å². The van der Waals surface area contributed by atoms with Crippen molar-refractivity contribution in [1.82, 2.24) is 10.2 Å². The Morgan fingerprint density at radius 2 is 1.57 bits per heavy atom. The van der Waals surface area contributed by atoms with Crippen LogP contribution in [0, 0.1) is 11.3 Å². The van der Waals surface area contributed by atoms with Crippen molar-refractivity contribution in [2.75, 3.05) is 10.6 Å². The van der Waals surface area contributed by atoms with Crippen LogP contribution in [0.15, 0.2) is 60.7 Å². The summed E-state index contributed by atoms with van der Waals surface area (Å²) in [6.07, 6.45) is -4.46. The number of hydrogen-bond donors (Lipinski definition) is 2. The quantitative estimate of drug-likeness (QED) is 0.698. The second-order valence-corrected chi connectivity index (χ2v) is 5.62. The van der Waals surface area contributed by atoms with Crippen LogP contribution in [0.25, 0.3) is 0 Å². The molecule has 1 amide bonds. The molecular formula is C19H12F3N5O. The van der Waals surface area contributed by atoms with Gasteiger partial charge in [0.25, 0.3) is 5.91 Å². The van der Waals surface area contributed by atoms with E-state index >= 15 is 0 Å². The van der Waals surface area contributed by atoms with Crippen molar-refractivity contribution in [2.24, 2.45) is 0 Å².